The molecule has 0 saturated carbocycles. The average molecular weight is 301 g/mol. The molecular formula is C15H9ClN2O3. The Balaban J connectivity index is 2.03. The van der Waals surface area contributed by atoms with E-state index in [0.717, 1.165) is 5.39 Å². The van der Waals surface area contributed by atoms with Gasteiger partial charge in [-0.15, -0.1) is 0 Å². The molecule has 0 radical (unpaired) electrons. The number of ether oxygens (including phenoxy) is 1. The Labute approximate surface area is 124 Å². The Bertz CT molecular complexity index is 831. The lowest BCUT2D eigenvalue weighted by atomic mass is 10.2. The largest absolute Gasteiger partial charge is 0.478 e. The predicted octanol–water partition coefficient (Wildman–Crippen LogP) is 3.77. The second-order valence-electron chi connectivity index (χ2n) is 4.24. The first-order valence-electron chi connectivity index (χ1n) is 6.05. The van der Waals surface area contributed by atoms with Gasteiger partial charge < -0.3 is 9.84 Å². The number of hydrogen-bond donors (Lipinski definition) is 1. The van der Waals surface area contributed by atoms with Crippen LogP contribution in [0.5, 0.6) is 11.6 Å². The third kappa shape index (κ3) is 2.64. The molecule has 0 aliphatic carbocycles. The fourth-order valence-electron chi connectivity index (χ4n) is 1.91. The van der Waals surface area contributed by atoms with Crippen molar-refractivity contribution in [2.45, 2.75) is 0 Å². The summed E-state index contributed by atoms with van der Waals surface area (Å²) in [4.78, 5) is 19.3. The molecule has 5 nitrogen and oxygen atoms in total. The number of aromatic carboxylic acids is 1. The molecule has 0 unspecified atom stereocenters. The SMILES string of the molecule is O=C(O)c1cc(Oc2cccc3cccnc23)ncc1Cl. The summed E-state index contributed by atoms with van der Waals surface area (Å²) in [7, 11) is 0. The van der Waals surface area contributed by atoms with E-state index in [2.05, 4.69) is 9.97 Å². The number of carboxylic acids is 1. The molecule has 1 N–H and O–H groups in total. The fourth-order valence-corrected chi connectivity index (χ4v) is 2.09. The van der Waals surface area contributed by atoms with Gasteiger partial charge in [-0.1, -0.05) is 29.8 Å². The van der Waals surface area contributed by atoms with Gasteiger partial charge in [0.25, 0.3) is 0 Å². The zero-order chi connectivity index (χ0) is 14.8. The highest BCUT2D eigenvalue weighted by molar-refractivity contribution is 6.33. The zero-order valence-corrected chi connectivity index (χ0v) is 11.4. The Hall–Kier alpha value is -2.66. The maximum Gasteiger partial charge on any atom is 0.337 e. The molecule has 21 heavy (non-hydrogen) atoms. The lowest BCUT2D eigenvalue weighted by molar-refractivity contribution is 0.0696. The highest BCUT2D eigenvalue weighted by atomic mass is 35.5. The van der Waals surface area contributed by atoms with Gasteiger partial charge in [0.15, 0.2) is 5.75 Å². The quantitative estimate of drug-likeness (QED) is 0.797. The molecule has 0 amide bonds. The highest BCUT2D eigenvalue weighted by Crippen LogP contribution is 2.28. The summed E-state index contributed by atoms with van der Waals surface area (Å²) in [6.45, 7) is 0. The van der Waals surface area contributed by atoms with Crippen LogP contribution in [0.15, 0.2) is 48.8 Å². The van der Waals surface area contributed by atoms with E-state index >= 15 is 0 Å². The number of aromatic nitrogens is 2. The molecule has 2 heterocycles. The molecule has 0 fully saturated rings. The van der Waals surface area contributed by atoms with Crippen molar-refractivity contribution in [3.63, 3.8) is 0 Å². The maximum atomic E-state index is 11.1. The first-order valence-corrected chi connectivity index (χ1v) is 6.43. The topological polar surface area (TPSA) is 72.3 Å². The third-order valence-electron chi connectivity index (χ3n) is 2.87. The number of hydrogen-bond acceptors (Lipinski definition) is 4. The minimum absolute atomic E-state index is 0.0603. The number of halogens is 1. The standard InChI is InChI=1S/C15H9ClN2O3/c16-11-8-18-13(7-10(11)15(19)20)21-12-5-1-3-9-4-2-6-17-14(9)12/h1-8H,(H,19,20). The van der Waals surface area contributed by atoms with Gasteiger partial charge in [0.2, 0.25) is 5.88 Å². The smallest absolute Gasteiger partial charge is 0.337 e. The van der Waals surface area contributed by atoms with Gasteiger partial charge in [0, 0.05) is 17.6 Å². The molecule has 3 aromatic rings. The summed E-state index contributed by atoms with van der Waals surface area (Å²) in [6, 6.07) is 10.5. The summed E-state index contributed by atoms with van der Waals surface area (Å²) in [6.07, 6.45) is 2.91. The lowest BCUT2D eigenvalue weighted by Gasteiger charge is -2.08. The maximum absolute atomic E-state index is 11.1. The second kappa shape index (κ2) is 5.38. The van der Waals surface area contributed by atoms with Crippen LogP contribution < -0.4 is 4.74 Å². The normalized spacial score (nSPS) is 10.5. The van der Waals surface area contributed by atoms with Crippen molar-refractivity contribution in [1.82, 2.24) is 9.97 Å². The summed E-state index contributed by atoms with van der Waals surface area (Å²) in [5, 5.41) is 10.0. The van der Waals surface area contributed by atoms with Crippen LogP contribution >= 0.6 is 11.6 Å². The first kappa shape index (κ1) is 13.3. The Morgan fingerprint density at radius 2 is 2.00 bits per heavy atom. The van der Waals surface area contributed by atoms with E-state index < -0.39 is 5.97 Å². The van der Waals surface area contributed by atoms with Crippen molar-refractivity contribution in [1.29, 1.82) is 0 Å². The number of carboxylic acid groups (broad SMARTS) is 1. The van der Waals surface area contributed by atoms with Crippen LogP contribution in [0.4, 0.5) is 0 Å². The molecule has 0 aliphatic heterocycles. The predicted molar refractivity (Wildman–Crippen MR) is 78.0 cm³/mol. The molecule has 0 bridgehead atoms. The zero-order valence-electron chi connectivity index (χ0n) is 10.7. The van der Waals surface area contributed by atoms with Gasteiger partial charge in [-0.05, 0) is 12.1 Å². The van der Waals surface area contributed by atoms with Crippen LogP contribution in [0.1, 0.15) is 10.4 Å². The minimum Gasteiger partial charge on any atom is -0.478 e. The molecule has 3 rings (SSSR count). The number of carbonyl (C=O) groups is 1. The number of para-hydroxylation sites is 1. The Morgan fingerprint density at radius 1 is 1.19 bits per heavy atom. The molecule has 0 saturated heterocycles. The Kier molecular flexibility index (Phi) is 3.41. The van der Waals surface area contributed by atoms with Crippen molar-refractivity contribution >= 4 is 28.5 Å². The van der Waals surface area contributed by atoms with Crippen molar-refractivity contribution < 1.29 is 14.6 Å². The molecular weight excluding hydrogens is 292 g/mol. The molecule has 104 valence electrons. The van der Waals surface area contributed by atoms with E-state index in [9.17, 15) is 4.79 Å². The molecule has 6 heteroatoms. The molecule has 2 aromatic heterocycles. The van der Waals surface area contributed by atoms with Crippen molar-refractivity contribution in [2.24, 2.45) is 0 Å². The average Bonchev–Trinajstić information content (AvgIpc) is 2.49. The summed E-state index contributed by atoms with van der Waals surface area (Å²) in [5.41, 5.74) is 0.614. The molecule has 0 spiro atoms. The summed E-state index contributed by atoms with van der Waals surface area (Å²) in [5.74, 6) is -0.488. The van der Waals surface area contributed by atoms with E-state index in [-0.39, 0.29) is 16.5 Å². The van der Waals surface area contributed by atoms with Crippen LogP contribution in [0.2, 0.25) is 5.02 Å². The number of benzene rings is 1. The third-order valence-corrected chi connectivity index (χ3v) is 3.17. The summed E-state index contributed by atoms with van der Waals surface area (Å²) < 4.78 is 5.64. The number of nitrogens with zero attached hydrogens (tertiary/aromatic N) is 2. The van der Waals surface area contributed by atoms with E-state index in [0.29, 0.717) is 11.3 Å². The van der Waals surface area contributed by atoms with Crippen LogP contribution in [-0.2, 0) is 0 Å². The summed E-state index contributed by atoms with van der Waals surface area (Å²) >= 11 is 5.78. The van der Waals surface area contributed by atoms with E-state index in [1.807, 2.05) is 24.3 Å². The van der Waals surface area contributed by atoms with Gasteiger partial charge in [0.1, 0.15) is 5.52 Å². The van der Waals surface area contributed by atoms with E-state index in [1.165, 1.54) is 12.3 Å². The Morgan fingerprint density at radius 3 is 2.81 bits per heavy atom. The lowest BCUT2D eigenvalue weighted by Crippen LogP contribution is -1.99. The fraction of sp³-hybridized carbons (Fsp3) is 0. The van der Waals surface area contributed by atoms with Gasteiger partial charge >= 0.3 is 5.97 Å². The molecule has 1 aromatic carbocycles. The van der Waals surface area contributed by atoms with Crippen molar-refractivity contribution in [2.75, 3.05) is 0 Å². The minimum atomic E-state index is -1.14. The molecule has 0 aliphatic rings. The van der Waals surface area contributed by atoms with Crippen molar-refractivity contribution in [3.05, 3.63) is 59.4 Å². The first-order chi connectivity index (χ1) is 10.1. The second-order valence-corrected chi connectivity index (χ2v) is 4.65. The van der Waals surface area contributed by atoms with Gasteiger partial charge in [0.05, 0.1) is 16.8 Å². The van der Waals surface area contributed by atoms with Crippen LogP contribution in [0, 0.1) is 0 Å². The number of rotatable bonds is 3. The highest BCUT2D eigenvalue weighted by Gasteiger charge is 2.12. The molecule has 0 atom stereocenters. The van der Waals surface area contributed by atoms with Crippen molar-refractivity contribution in [3.8, 4) is 11.6 Å². The monoisotopic (exact) mass is 300 g/mol. The van der Waals surface area contributed by atoms with Crippen LogP contribution in [0.3, 0.4) is 0 Å². The van der Waals surface area contributed by atoms with Crippen LogP contribution in [0.25, 0.3) is 10.9 Å². The van der Waals surface area contributed by atoms with Gasteiger partial charge in [-0.3, -0.25) is 4.98 Å². The van der Waals surface area contributed by atoms with Gasteiger partial charge in [-0.25, -0.2) is 9.78 Å². The van der Waals surface area contributed by atoms with Crippen LogP contribution in [-0.4, -0.2) is 21.0 Å². The van der Waals surface area contributed by atoms with E-state index in [4.69, 9.17) is 21.4 Å². The van der Waals surface area contributed by atoms with Gasteiger partial charge in [-0.2, -0.15) is 0 Å². The van der Waals surface area contributed by atoms with E-state index in [1.54, 1.807) is 12.3 Å². The number of pyridine rings is 2. The number of fused-ring (bicyclic) bond motifs is 1.